The third-order valence-corrected chi connectivity index (χ3v) is 2.35. The summed E-state index contributed by atoms with van der Waals surface area (Å²) in [6.45, 7) is 0.862. The maximum atomic E-state index is 4.35. The highest BCUT2D eigenvalue weighted by atomic mass is 14.9. The number of anilines is 1. The molecule has 3 heterocycles. The summed E-state index contributed by atoms with van der Waals surface area (Å²) in [5.41, 5.74) is 4.60. The van der Waals surface area contributed by atoms with Crippen LogP contribution in [0.1, 0.15) is 5.69 Å². The van der Waals surface area contributed by atoms with E-state index in [1.807, 2.05) is 18.5 Å². The highest BCUT2D eigenvalue weighted by Gasteiger charge is 2.16. The van der Waals surface area contributed by atoms with Gasteiger partial charge in [-0.25, -0.2) is 0 Å². The number of H-pyrrole nitrogens is 1. The number of nitrogens with zero attached hydrogens (tertiary/aromatic N) is 1. The quantitative estimate of drug-likeness (QED) is 0.636. The fourth-order valence-electron chi connectivity index (χ4n) is 1.72. The zero-order valence-corrected chi connectivity index (χ0v) is 7.04. The summed E-state index contributed by atoms with van der Waals surface area (Å²) in [7, 11) is 0. The van der Waals surface area contributed by atoms with Crippen LogP contribution in [0.2, 0.25) is 0 Å². The van der Waals surface area contributed by atoms with Crippen LogP contribution in [-0.2, 0) is 6.54 Å². The predicted octanol–water partition coefficient (Wildman–Crippen LogP) is 2.00. The summed E-state index contributed by atoms with van der Waals surface area (Å²) >= 11 is 0. The molecule has 3 heteroatoms. The number of aromatic nitrogens is 2. The van der Waals surface area contributed by atoms with Crippen LogP contribution in [0.4, 0.5) is 5.69 Å². The van der Waals surface area contributed by atoms with Gasteiger partial charge in [-0.3, -0.25) is 4.98 Å². The normalized spacial score (nSPS) is 12.9. The Morgan fingerprint density at radius 2 is 2.31 bits per heavy atom. The van der Waals surface area contributed by atoms with E-state index in [9.17, 15) is 0 Å². The Morgan fingerprint density at radius 3 is 3.31 bits per heavy atom. The first-order chi connectivity index (χ1) is 6.45. The van der Waals surface area contributed by atoms with Crippen molar-refractivity contribution in [1.29, 1.82) is 0 Å². The summed E-state index contributed by atoms with van der Waals surface area (Å²) in [5, 5.41) is 3.31. The molecule has 0 spiro atoms. The van der Waals surface area contributed by atoms with Crippen molar-refractivity contribution in [3.63, 3.8) is 0 Å². The van der Waals surface area contributed by atoms with Crippen LogP contribution in [0.5, 0.6) is 0 Å². The number of hydrogen-bond acceptors (Lipinski definition) is 2. The zero-order valence-electron chi connectivity index (χ0n) is 7.04. The second-order valence-corrected chi connectivity index (χ2v) is 3.12. The number of rotatable bonds is 0. The molecule has 0 radical (unpaired) electrons. The van der Waals surface area contributed by atoms with Gasteiger partial charge in [0.1, 0.15) is 0 Å². The van der Waals surface area contributed by atoms with Gasteiger partial charge in [-0.1, -0.05) is 0 Å². The fourth-order valence-corrected chi connectivity index (χ4v) is 1.72. The minimum Gasteiger partial charge on any atom is -0.378 e. The highest BCUT2D eigenvalue weighted by Crippen LogP contribution is 2.32. The molecule has 2 aromatic heterocycles. The van der Waals surface area contributed by atoms with E-state index in [4.69, 9.17) is 0 Å². The van der Waals surface area contributed by atoms with Crippen LogP contribution in [-0.4, -0.2) is 9.97 Å². The molecule has 0 aromatic carbocycles. The summed E-state index contributed by atoms with van der Waals surface area (Å²) in [6.07, 6.45) is 3.78. The van der Waals surface area contributed by atoms with E-state index in [0.29, 0.717) is 0 Å². The summed E-state index contributed by atoms with van der Waals surface area (Å²) in [5.74, 6) is 0. The van der Waals surface area contributed by atoms with Gasteiger partial charge in [0.05, 0.1) is 17.9 Å². The lowest BCUT2D eigenvalue weighted by Gasteiger charge is -2.16. The molecule has 3 rings (SSSR count). The number of nitrogens with one attached hydrogen (secondary N) is 2. The average Bonchev–Trinajstić information content (AvgIpc) is 2.65. The van der Waals surface area contributed by atoms with Crippen molar-refractivity contribution in [1.82, 2.24) is 9.97 Å². The van der Waals surface area contributed by atoms with Gasteiger partial charge in [0.15, 0.2) is 0 Å². The average molecular weight is 171 g/mol. The van der Waals surface area contributed by atoms with Gasteiger partial charge < -0.3 is 10.3 Å². The number of fused-ring (bicyclic) bond motifs is 3. The van der Waals surface area contributed by atoms with Gasteiger partial charge >= 0.3 is 0 Å². The maximum Gasteiger partial charge on any atom is 0.0951 e. The molecule has 0 fully saturated rings. The zero-order chi connectivity index (χ0) is 8.67. The van der Waals surface area contributed by atoms with Gasteiger partial charge in [0.25, 0.3) is 0 Å². The standard InChI is InChI=1S/C10H9N3/c1-2-8-10(12-4-1)7-3-5-11-9(7)6-13-8/h1-5,11,13H,6H2. The largest absolute Gasteiger partial charge is 0.378 e. The summed E-state index contributed by atoms with van der Waals surface area (Å²) in [6, 6.07) is 6.07. The van der Waals surface area contributed by atoms with Crippen LogP contribution < -0.4 is 5.32 Å². The Balaban J connectivity index is 2.30. The molecule has 2 aromatic rings. The molecule has 2 N–H and O–H groups in total. The van der Waals surface area contributed by atoms with Crippen molar-refractivity contribution in [2.45, 2.75) is 6.54 Å². The van der Waals surface area contributed by atoms with Gasteiger partial charge in [-0.05, 0) is 18.2 Å². The molecule has 64 valence electrons. The topological polar surface area (TPSA) is 40.7 Å². The number of pyridine rings is 1. The van der Waals surface area contributed by atoms with Gasteiger partial charge in [-0.15, -0.1) is 0 Å². The summed E-state index contributed by atoms with van der Waals surface area (Å²) < 4.78 is 0. The molecule has 0 aliphatic carbocycles. The van der Waals surface area contributed by atoms with Crippen LogP contribution in [0.15, 0.2) is 30.6 Å². The third kappa shape index (κ3) is 0.869. The molecule has 1 aliphatic heterocycles. The Hall–Kier alpha value is -1.77. The van der Waals surface area contributed by atoms with E-state index in [0.717, 1.165) is 17.9 Å². The molecule has 0 atom stereocenters. The number of hydrogen-bond donors (Lipinski definition) is 2. The van der Waals surface area contributed by atoms with E-state index in [1.165, 1.54) is 11.3 Å². The Kier molecular flexibility index (Phi) is 1.22. The maximum absolute atomic E-state index is 4.35. The summed E-state index contributed by atoms with van der Waals surface area (Å²) in [4.78, 5) is 7.55. The van der Waals surface area contributed by atoms with Gasteiger partial charge in [0, 0.05) is 23.7 Å². The monoisotopic (exact) mass is 171 g/mol. The van der Waals surface area contributed by atoms with E-state index in [2.05, 4.69) is 27.4 Å². The second-order valence-electron chi connectivity index (χ2n) is 3.12. The van der Waals surface area contributed by atoms with Gasteiger partial charge in [-0.2, -0.15) is 0 Å². The van der Waals surface area contributed by atoms with Crippen molar-refractivity contribution >= 4 is 5.69 Å². The Bertz CT molecular complexity index is 445. The number of aromatic amines is 1. The molecular weight excluding hydrogens is 162 g/mol. The molecule has 0 unspecified atom stereocenters. The van der Waals surface area contributed by atoms with Crippen LogP contribution in [0, 0.1) is 0 Å². The SMILES string of the molecule is c1cnc2c(c1)NCc1[nH]ccc1-2. The smallest absolute Gasteiger partial charge is 0.0951 e. The minimum atomic E-state index is 0.862. The molecule has 0 amide bonds. The van der Waals surface area contributed by atoms with Crippen LogP contribution in [0.25, 0.3) is 11.3 Å². The molecule has 0 bridgehead atoms. The van der Waals surface area contributed by atoms with Gasteiger partial charge in [0.2, 0.25) is 0 Å². The van der Waals surface area contributed by atoms with Crippen molar-refractivity contribution in [2.75, 3.05) is 5.32 Å². The van der Waals surface area contributed by atoms with Crippen LogP contribution in [0.3, 0.4) is 0 Å². The lowest BCUT2D eigenvalue weighted by Crippen LogP contribution is -2.08. The molecular formula is C10H9N3. The first-order valence-electron chi connectivity index (χ1n) is 4.30. The molecule has 1 aliphatic rings. The van der Waals surface area contributed by atoms with E-state index in [-0.39, 0.29) is 0 Å². The fraction of sp³-hybridized carbons (Fsp3) is 0.100. The van der Waals surface area contributed by atoms with E-state index >= 15 is 0 Å². The third-order valence-electron chi connectivity index (χ3n) is 2.35. The van der Waals surface area contributed by atoms with Crippen LogP contribution >= 0.6 is 0 Å². The van der Waals surface area contributed by atoms with E-state index in [1.54, 1.807) is 0 Å². The molecule has 3 nitrogen and oxygen atoms in total. The first-order valence-corrected chi connectivity index (χ1v) is 4.30. The van der Waals surface area contributed by atoms with E-state index < -0.39 is 0 Å². The van der Waals surface area contributed by atoms with Crippen molar-refractivity contribution < 1.29 is 0 Å². The Morgan fingerprint density at radius 1 is 1.31 bits per heavy atom. The van der Waals surface area contributed by atoms with Crippen molar-refractivity contribution in [2.24, 2.45) is 0 Å². The second kappa shape index (κ2) is 2.36. The van der Waals surface area contributed by atoms with Crippen molar-refractivity contribution in [3.8, 4) is 11.3 Å². The molecule has 13 heavy (non-hydrogen) atoms. The van der Waals surface area contributed by atoms with Crippen molar-refractivity contribution in [3.05, 3.63) is 36.3 Å². The molecule has 0 saturated heterocycles. The Labute approximate surface area is 75.8 Å². The lowest BCUT2D eigenvalue weighted by atomic mass is 10.1. The first kappa shape index (κ1) is 6.71. The molecule has 0 saturated carbocycles. The highest BCUT2D eigenvalue weighted by molar-refractivity contribution is 5.78. The lowest BCUT2D eigenvalue weighted by molar-refractivity contribution is 1.05. The minimum absolute atomic E-state index is 0.862. The predicted molar refractivity (Wildman–Crippen MR) is 51.4 cm³/mol.